The number of nitrogens with one attached hydrogen (secondary N) is 1. The van der Waals surface area contributed by atoms with Crippen LogP contribution in [0.1, 0.15) is 44.6 Å². The summed E-state index contributed by atoms with van der Waals surface area (Å²) in [4.78, 5) is 2.24. The Hall–Kier alpha value is -1.16. The van der Waals surface area contributed by atoms with E-state index < -0.39 is 0 Å². The fraction of sp³-hybridized carbons (Fsp3) is 0.562. The lowest BCUT2D eigenvalue weighted by Crippen LogP contribution is -2.43. The fourth-order valence-electron chi connectivity index (χ4n) is 2.83. The van der Waals surface area contributed by atoms with Crippen molar-refractivity contribution in [2.24, 2.45) is 0 Å². The lowest BCUT2D eigenvalue weighted by atomic mass is 9.94. The Morgan fingerprint density at radius 2 is 2.05 bits per heavy atom. The molecular weight excluding hydrogens is 271 g/mol. The second-order valence-corrected chi connectivity index (χ2v) is 5.86. The summed E-state index contributed by atoms with van der Waals surface area (Å²) in [5.74, 6) is -0.196. The van der Waals surface area contributed by atoms with Gasteiger partial charge in [-0.3, -0.25) is 0 Å². The number of anilines is 1. The first-order valence-corrected chi connectivity index (χ1v) is 7.86. The first-order chi connectivity index (χ1) is 9.61. The average molecular weight is 294 g/mol. The van der Waals surface area contributed by atoms with Crippen molar-refractivity contribution in [2.45, 2.75) is 52.0 Å². The van der Waals surface area contributed by atoms with Gasteiger partial charge in [-0.05, 0) is 56.6 Å². The lowest BCUT2D eigenvalue weighted by Gasteiger charge is -2.35. The maximum atomic E-state index is 13.6. The smallest absolute Gasteiger partial charge is 0.173 e. The molecule has 1 N–H and O–H groups in total. The van der Waals surface area contributed by atoms with Gasteiger partial charge >= 0.3 is 0 Å². The molecule has 0 spiro atoms. The van der Waals surface area contributed by atoms with Crippen molar-refractivity contribution in [3.8, 4) is 0 Å². The standard InChI is InChI=1S/C16H23FN2S/c1-3-19(14-7-5-4-6-8-14)16(20)18-13-10-9-12(2)15(17)11-13/h9-11,14H,3-8H2,1-2H3,(H,18,20). The molecule has 1 aliphatic rings. The number of rotatable bonds is 3. The van der Waals surface area contributed by atoms with Crippen LogP contribution in [0.15, 0.2) is 18.2 Å². The molecule has 0 radical (unpaired) electrons. The van der Waals surface area contributed by atoms with E-state index in [1.807, 2.05) is 6.07 Å². The Morgan fingerprint density at radius 1 is 1.35 bits per heavy atom. The molecular formula is C16H23FN2S. The van der Waals surface area contributed by atoms with Gasteiger partial charge in [0.1, 0.15) is 5.82 Å². The maximum absolute atomic E-state index is 13.6. The number of hydrogen-bond acceptors (Lipinski definition) is 1. The summed E-state index contributed by atoms with van der Waals surface area (Å²) >= 11 is 5.51. The van der Waals surface area contributed by atoms with Crippen LogP contribution < -0.4 is 5.32 Å². The third kappa shape index (κ3) is 3.69. The number of thiocarbonyl (C=S) groups is 1. The number of benzene rings is 1. The largest absolute Gasteiger partial charge is 0.346 e. The van der Waals surface area contributed by atoms with Crippen LogP contribution >= 0.6 is 12.2 Å². The molecule has 0 amide bonds. The van der Waals surface area contributed by atoms with Crippen LogP contribution in [0.25, 0.3) is 0 Å². The van der Waals surface area contributed by atoms with Gasteiger partial charge in [0.2, 0.25) is 0 Å². The topological polar surface area (TPSA) is 15.3 Å². The molecule has 1 aromatic carbocycles. The summed E-state index contributed by atoms with van der Waals surface area (Å²) in [6.45, 7) is 4.78. The molecule has 2 nitrogen and oxygen atoms in total. The minimum Gasteiger partial charge on any atom is -0.346 e. The molecule has 0 bridgehead atoms. The second kappa shape index (κ2) is 7.02. The van der Waals surface area contributed by atoms with Crippen molar-refractivity contribution in [3.05, 3.63) is 29.6 Å². The van der Waals surface area contributed by atoms with Crippen molar-refractivity contribution >= 4 is 23.0 Å². The summed E-state index contributed by atoms with van der Waals surface area (Å²) in [7, 11) is 0. The van der Waals surface area contributed by atoms with Crippen molar-refractivity contribution in [1.29, 1.82) is 0 Å². The predicted molar refractivity (Wildman–Crippen MR) is 86.6 cm³/mol. The Bertz CT molecular complexity index is 470. The Morgan fingerprint density at radius 3 is 2.65 bits per heavy atom. The molecule has 1 aliphatic carbocycles. The highest BCUT2D eigenvalue weighted by Crippen LogP contribution is 2.23. The van der Waals surface area contributed by atoms with Crippen LogP contribution in [0.5, 0.6) is 0 Å². The van der Waals surface area contributed by atoms with Crippen LogP contribution in [0.4, 0.5) is 10.1 Å². The summed E-state index contributed by atoms with van der Waals surface area (Å²) < 4.78 is 13.6. The average Bonchev–Trinajstić information content (AvgIpc) is 2.45. The van der Waals surface area contributed by atoms with Crippen LogP contribution in [0, 0.1) is 12.7 Å². The zero-order chi connectivity index (χ0) is 14.5. The van der Waals surface area contributed by atoms with E-state index in [0.29, 0.717) is 16.7 Å². The highest BCUT2D eigenvalue weighted by Gasteiger charge is 2.21. The minimum absolute atomic E-state index is 0.196. The molecule has 0 aromatic heterocycles. The number of nitrogens with zero attached hydrogens (tertiary/aromatic N) is 1. The zero-order valence-corrected chi connectivity index (χ0v) is 13.1. The third-order valence-electron chi connectivity index (χ3n) is 4.04. The molecule has 0 unspecified atom stereocenters. The highest BCUT2D eigenvalue weighted by atomic mass is 32.1. The van der Waals surface area contributed by atoms with Gasteiger partial charge in [-0.2, -0.15) is 0 Å². The number of hydrogen-bond donors (Lipinski definition) is 1. The van der Waals surface area contributed by atoms with Gasteiger partial charge in [0.05, 0.1) is 0 Å². The van der Waals surface area contributed by atoms with E-state index in [-0.39, 0.29) is 5.82 Å². The van der Waals surface area contributed by atoms with Crippen LogP contribution in [0.3, 0.4) is 0 Å². The Labute approximate surface area is 126 Å². The van der Waals surface area contributed by atoms with Gasteiger partial charge < -0.3 is 10.2 Å². The molecule has 0 saturated heterocycles. The van der Waals surface area contributed by atoms with Crippen molar-refractivity contribution in [3.63, 3.8) is 0 Å². The van der Waals surface area contributed by atoms with E-state index >= 15 is 0 Å². The second-order valence-electron chi connectivity index (χ2n) is 5.47. The SMILES string of the molecule is CCN(C(=S)Nc1ccc(C)c(F)c1)C1CCCCC1. The molecule has 1 saturated carbocycles. The Balaban J connectivity index is 2.02. The molecule has 0 aliphatic heterocycles. The monoisotopic (exact) mass is 294 g/mol. The lowest BCUT2D eigenvalue weighted by molar-refractivity contribution is 0.255. The number of aryl methyl sites for hydroxylation is 1. The minimum atomic E-state index is -0.196. The fourth-order valence-corrected chi connectivity index (χ4v) is 3.22. The van der Waals surface area contributed by atoms with Gasteiger partial charge in [0.15, 0.2) is 5.11 Å². The van der Waals surface area contributed by atoms with E-state index in [9.17, 15) is 4.39 Å². The maximum Gasteiger partial charge on any atom is 0.173 e. The van der Waals surface area contributed by atoms with E-state index in [1.165, 1.54) is 38.2 Å². The first-order valence-electron chi connectivity index (χ1n) is 7.45. The molecule has 110 valence electrons. The van der Waals surface area contributed by atoms with E-state index in [0.717, 1.165) is 12.2 Å². The quantitative estimate of drug-likeness (QED) is 0.827. The zero-order valence-electron chi connectivity index (χ0n) is 12.3. The van der Waals surface area contributed by atoms with Crippen LogP contribution in [0.2, 0.25) is 0 Å². The van der Waals surface area contributed by atoms with Gasteiger partial charge in [0, 0.05) is 18.3 Å². The van der Waals surface area contributed by atoms with Gasteiger partial charge in [-0.1, -0.05) is 25.3 Å². The summed E-state index contributed by atoms with van der Waals surface area (Å²) in [6, 6.07) is 5.69. The molecule has 1 aromatic rings. The van der Waals surface area contributed by atoms with E-state index in [2.05, 4.69) is 17.1 Å². The Kier molecular flexibility index (Phi) is 5.35. The van der Waals surface area contributed by atoms with Crippen LogP contribution in [-0.2, 0) is 0 Å². The molecule has 4 heteroatoms. The van der Waals surface area contributed by atoms with Crippen molar-refractivity contribution < 1.29 is 4.39 Å². The van der Waals surface area contributed by atoms with Crippen molar-refractivity contribution in [2.75, 3.05) is 11.9 Å². The molecule has 1 fully saturated rings. The van der Waals surface area contributed by atoms with Gasteiger partial charge in [-0.25, -0.2) is 4.39 Å². The molecule has 2 rings (SSSR count). The number of halogens is 1. The summed E-state index contributed by atoms with van der Waals surface area (Å²) in [6.07, 6.45) is 6.30. The van der Waals surface area contributed by atoms with E-state index in [1.54, 1.807) is 13.0 Å². The summed E-state index contributed by atoms with van der Waals surface area (Å²) in [5, 5.41) is 3.89. The van der Waals surface area contributed by atoms with Crippen molar-refractivity contribution in [1.82, 2.24) is 4.90 Å². The van der Waals surface area contributed by atoms with E-state index in [4.69, 9.17) is 12.2 Å². The third-order valence-corrected chi connectivity index (χ3v) is 4.38. The normalized spacial score (nSPS) is 15.9. The van der Waals surface area contributed by atoms with Gasteiger partial charge in [0.25, 0.3) is 0 Å². The first kappa shape index (κ1) is 15.2. The van der Waals surface area contributed by atoms with Crippen LogP contribution in [-0.4, -0.2) is 22.6 Å². The predicted octanol–water partition coefficient (Wildman–Crippen LogP) is 4.49. The summed E-state index contributed by atoms with van der Waals surface area (Å²) in [5.41, 5.74) is 1.38. The molecule has 0 atom stereocenters. The molecule has 20 heavy (non-hydrogen) atoms. The highest BCUT2D eigenvalue weighted by molar-refractivity contribution is 7.80. The molecule has 0 heterocycles. The van der Waals surface area contributed by atoms with Gasteiger partial charge in [-0.15, -0.1) is 0 Å².